The molecule has 2 aromatic carbocycles. The van der Waals surface area contributed by atoms with Gasteiger partial charge in [-0.3, -0.25) is 4.79 Å². The average molecular weight is 336 g/mol. The molecule has 0 heterocycles. The maximum Gasteiger partial charge on any atom is 0.163 e. The molecule has 1 atom stereocenters. The summed E-state index contributed by atoms with van der Waals surface area (Å²) in [5.74, 6) is 0.424. The molecule has 0 spiro atoms. The molecular formula is C23H28O2. The summed E-state index contributed by atoms with van der Waals surface area (Å²) >= 11 is 0. The lowest BCUT2D eigenvalue weighted by Crippen LogP contribution is -2.12. The second-order valence-electron chi connectivity index (χ2n) is 6.86. The first-order valence-corrected chi connectivity index (χ1v) is 9.61. The second-order valence-corrected chi connectivity index (χ2v) is 6.86. The Morgan fingerprint density at radius 1 is 0.960 bits per heavy atom. The first-order valence-electron chi connectivity index (χ1n) is 9.61. The number of carbonyl (C=O) groups excluding carboxylic acids is 1. The summed E-state index contributed by atoms with van der Waals surface area (Å²) in [5, 5.41) is 0. The van der Waals surface area contributed by atoms with Crippen molar-refractivity contribution in [3.05, 3.63) is 59.2 Å². The van der Waals surface area contributed by atoms with Crippen molar-refractivity contribution in [1.82, 2.24) is 0 Å². The Balaban J connectivity index is 1.92. The fourth-order valence-electron chi connectivity index (χ4n) is 3.81. The largest absolute Gasteiger partial charge is 0.380 e. The Morgan fingerprint density at radius 3 is 2.56 bits per heavy atom. The molecule has 0 aromatic heterocycles. The van der Waals surface area contributed by atoms with Gasteiger partial charge in [-0.1, -0.05) is 69.2 Å². The molecule has 0 N–H and O–H groups in total. The monoisotopic (exact) mass is 336 g/mol. The minimum absolute atomic E-state index is 0.171. The first kappa shape index (κ1) is 17.9. The standard InChI is InChI=1S/C23H28O2/c1-3-5-8-15-25-16-21-18-12-7-6-11-17(18)19-13-9-14-20(23(19)21)22(24)10-4-2/h6-7,9,11-14,21H,3-5,8,10,15-16H2,1-2H3. The Labute approximate surface area is 151 Å². The van der Waals surface area contributed by atoms with Crippen LogP contribution < -0.4 is 0 Å². The van der Waals surface area contributed by atoms with Crippen molar-refractivity contribution in [3.63, 3.8) is 0 Å². The molecule has 3 rings (SSSR count). The lowest BCUT2D eigenvalue weighted by atomic mass is 9.90. The number of unbranched alkanes of at least 4 members (excludes halogenated alkanes) is 2. The third kappa shape index (κ3) is 3.69. The van der Waals surface area contributed by atoms with Crippen molar-refractivity contribution in [3.8, 4) is 11.1 Å². The van der Waals surface area contributed by atoms with Crippen molar-refractivity contribution < 1.29 is 9.53 Å². The van der Waals surface area contributed by atoms with Crippen molar-refractivity contribution in [2.45, 2.75) is 51.9 Å². The normalized spacial score (nSPS) is 15.0. The fraction of sp³-hybridized carbons (Fsp3) is 0.435. The van der Waals surface area contributed by atoms with E-state index in [0.29, 0.717) is 13.0 Å². The van der Waals surface area contributed by atoms with Gasteiger partial charge in [-0.05, 0) is 35.1 Å². The minimum Gasteiger partial charge on any atom is -0.380 e. The summed E-state index contributed by atoms with van der Waals surface area (Å²) in [4.78, 5) is 12.7. The van der Waals surface area contributed by atoms with E-state index in [1.807, 2.05) is 12.1 Å². The van der Waals surface area contributed by atoms with E-state index in [4.69, 9.17) is 4.74 Å². The quantitative estimate of drug-likeness (QED) is 0.415. The smallest absolute Gasteiger partial charge is 0.163 e. The molecule has 132 valence electrons. The molecule has 0 bridgehead atoms. The number of benzene rings is 2. The zero-order valence-corrected chi connectivity index (χ0v) is 15.4. The van der Waals surface area contributed by atoms with Crippen LogP contribution in [0.3, 0.4) is 0 Å². The maximum atomic E-state index is 12.7. The zero-order chi connectivity index (χ0) is 17.6. The number of carbonyl (C=O) groups is 1. The van der Waals surface area contributed by atoms with Gasteiger partial charge < -0.3 is 4.74 Å². The van der Waals surface area contributed by atoms with Crippen LogP contribution in [0.1, 0.15) is 73.4 Å². The predicted molar refractivity (Wildman–Crippen MR) is 103 cm³/mol. The van der Waals surface area contributed by atoms with Gasteiger partial charge in [0.25, 0.3) is 0 Å². The zero-order valence-electron chi connectivity index (χ0n) is 15.4. The first-order chi connectivity index (χ1) is 12.3. The molecule has 0 saturated carbocycles. The Hall–Kier alpha value is -1.93. The van der Waals surface area contributed by atoms with Gasteiger partial charge >= 0.3 is 0 Å². The summed E-state index contributed by atoms with van der Waals surface area (Å²) in [6.45, 7) is 5.72. The molecule has 0 saturated heterocycles. The van der Waals surface area contributed by atoms with Crippen LogP contribution in [0.5, 0.6) is 0 Å². The van der Waals surface area contributed by atoms with E-state index in [9.17, 15) is 4.79 Å². The maximum absolute atomic E-state index is 12.7. The van der Waals surface area contributed by atoms with Gasteiger partial charge in [0.15, 0.2) is 5.78 Å². The van der Waals surface area contributed by atoms with Crippen LogP contribution in [-0.2, 0) is 4.74 Å². The van der Waals surface area contributed by atoms with Crippen molar-refractivity contribution >= 4 is 5.78 Å². The molecule has 25 heavy (non-hydrogen) atoms. The molecule has 2 aromatic rings. The van der Waals surface area contributed by atoms with Gasteiger partial charge in [0, 0.05) is 24.5 Å². The van der Waals surface area contributed by atoms with E-state index in [2.05, 4.69) is 44.2 Å². The van der Waals surface area contributed by atoms with E-state index in [0.717, 1.165) is 25.0 Å². The molecule has 1 aliphatic carbocycles. The molecule has 1 unspecified atom stereocenters. The number of hydrogen-bond acceptors (Lipinski definition) is 2. The Morgan fingerprint density at radius 2 is 1.76 bits per heavy atom. The molecule has 0 fully saturated rings. The topological polar surface area (TPSA) is 26.3 Å². The third-order valence-corrected chi connectivity index (χ3v) is 5.04. The van der Waals surface area contributed by atoms with Crippen molar-refractivity contribution in [2.75, 3.05) is 13.2 Å². The van der Waals surface area contributed by atoms with Crippen molar-refractivity contribution in [2.24, 2.45) is 0 Å². The molecule has 2 nitrogen and oxygen atoms in total. The van der Waals surface area contributed by atoms with Crippen LogP contribution in [0, 0.1) is 0 Å². The minimum atomic E-state index is 0.171. The summed E-state index contributed by atoms with van der Waals surface area (Å²) in [7, 11) is 0. The molecule has 0 radical (unpaired) electrons. The number of fused-ring (bicyclic) bond motifs is 3. The Kier molecular flexibility index (Phi) is 6.04. The number of Topliss-reactive ketones (excluding diaryl/α,β-unsaturated/α-hetero) is 1. The molecule has 0 aliphatic heterocycles. The third-order valence-electron chi connectivity index (χ3n) is 5.04. The highest BCUT2D eigenvalue weighted by molar-refractivity contribution is 6.01. The van der Waals surface area contributed by atoms with Gasteiger partial charge in [0.1, 0.15) is 0 Å². The predicted octanol–water partition coefficient (Wildman–Crippen LogP) is 5.99. The highest BCUT2D eigenvalue weighted by Crippen LogP contribution is 2.46. The number of ether oxygens (including phenoxy) is 1. The fourth-order valence-corrected chi connectivity index (χ4v) is 3.81. The van der Waals surface area contributed by atoms with Crippen LogP contribution in [0.25, 0.3) is 11.1 Å². The van der Waals surface area contributed by atoms with E-state index < -0.39 is 0 Å². The summed E-state index contributed by atoms with van der Waals surface area (Å²) in [6.07, 6.45) is 5.00. The van der Waals surface area contributed by atoms with E-state index >= 15 is 0 Å². The second kappa shape index (κ2) is 8.44. The van der Waals surface area contributed by atoms with Crippen LogP contribution in [0.2, 0.25) is 0 Å². The number of ketones is 1. The van der Waals surface area contributed by atoms with Crippen molar-refractivity contribution in [1.29, 1.82) is 0 Å². The lowest BCUT2D eigenvalue weighted by molar-refractivity contribution is 0.0978. The van der Waals surface area contributed by atoms with Gasteiger partial charge in [-0.15, -0.1) is 0 Å². The van der Waals surface area contributed by atoms with Gasteiger partial charge in [-0.2, -0.15) is 0 Å². The van der Waals surface area contributed by atoms with Crippen LogP contribution >= 0.6 is 0 Å². The number of hydrogen-bond donors (Lipinski definition) is 0. The van der Waals surface area contributed by atoms with Gasteiger partial charge in [-0.25, -0.2) is 0 Å². The summed E-state index contributed by atoms with van der Waals surface area (Å²) in [6, 6.07) is 14.7. The van der Waals surface area contributed by atoms with E-state index in [1.54, 1.807) is 0 Å². The van der Waals surface area contributed by atoms with Gasteiger partial charge in [0.05, 0.1) is 6.61 Å². The van der Waals surface area contributed by atoms with Crippen LogP contribution in [0.15, 0.2) is 42.5 Å². The molecule has 0 amide bonds. The molecular weight excluding hydrogens is 308 g/mol. The Bertz CT molecular complexity index is 733. The lowest BCUT2D eigenvalue weighted by Gasteiger charge is -2.17. The van der Waals surface area contributed by atoms with Gasteiger partial charge in [0.2, 0.25) is 0 Å². The average Bonchev–Trinajstić information content (AvgIpc) is 2.96. The molecule has 1 aliphatic rings. The summed E-state index contributed by atoms with van der Waals surface area (Å²) < 4.78 is 6.02. The number of rotatable bonds is 9. The van der Waals surface area contributed by atoms with Crippen LogP contribution in [0.4, 0.5) is 0 Å². The van der Waals surface area contributed by atoms with E-state index in [-0.39, 0.29) is 11.7 Å². The molecule has 2 heteroatoms. The highest BCUT2D eigenvalue weighted by Gasteiger charge is 2.32. The summed E-state index contributed by atoms with van der Waals surface area (Å²) in [5.41, 5.74) is 5.82. The van der Waals surface area contributed by atoms with Crippen LogP contribution in [-0.4, -0.2) is 19.0 Å². The SMILES string of the molecule is CCCCCOCC1c2ccccc2-c2cccc(C(=O)CCC)c21. The van der Waals surface area contributed by atoms with E-state index in [1.165, 1.54) is 35.1 Å². The highest BCUT2D eigenvalue weighted by atomic mass is 16.5.